The summed E-state index contributed by atoms with van der Waals surface area (Å²) < 4.78 is 0. The van der Waals surface area contributed by atoms with E-state index in [-0.39, 0.29) is 11.4 Å². The molecule has 0 spiro atoms. The van der Waals surface area contributed by atoms with Crippen molar-refractivity contribution in [2.45, 2.75) is 39.3 Å². The van der Waals surface area contributed by atoms with Crippen LogP contribution in [0.4, 0.5) is 0 Å². The second kappa shape index (κ2) is 3.82. The average Bonchev–Trinajstić information content (AvgIpc) is 2.60. The summed E-state index contributed by atoms with van der Waals surface area (Å²) in [6, 6.07) is 0. The number of thiazole rings is 1. The zero-order valence-corrected chi connectivity index (χ0v) is 10.7. The van der Waals surface area contributed by atoms with Crippen molar-refractivity contribution in [3.63, 3.8) is 0 Å². The van der Waals surface area contributed by atoms with E-state index in [4.69, 9.17) is 5.73 Å². The molecule has 0 bridgehead atoms. The van der Waals surface area contributed by atoms with E-state index in [2.05, 4.69) is 25.8 Å². The molecule has 0 fully saturated rings. The van der Waals surface area contributed by atoms with Crippen LogP contribution in [-0.4, -0.2) is 27.9 Å². The average molecular weight is 239 g/mol. The van der Waals surface area contributed by atoms with Gasteiger partial charge in [-0.3, -0.25) is 4.79 Å². The van der Waals surface area contributed by atoms with E-state index in [1.165, 1.54) is 11.3 Å². The Morgan fingerprint density at radius 3 is 2.75 bits per heavy atom. The van der Waals surface area contributed by atoms with Crippen LogP contribution in [0.1, 0.15) is 41.1 Å². The lowest BCUT2D eigenvalue weighted by Gasteiger charge is -2.37. The molecule has 1 amide bonds. The third kappa shape index (κ3) is 1.85. The smallest absolute Gasteiger partial charge is 0.266 e. The first kappa shape index (κ1) is 11.5. The van der Waals surface area contributed by atoms with Gasteiger partial charge in [-0.1, -0.05) is 0 Å². The monoisotopic (exact) mass is 239 g/mol. The van der Waals surface area contributed by atoms with Gasteiger partial charge in [0.2, 0.25) is 0 Å². The van der Waals surface area contributed by atoms with Crippen molar-refractivity contribution in [1.29, 1.82) is 0 Å². The normalized spacial score (nSPS) is 16.5. The number of rotatable bonds is 1. The Morgan fingerprint density at radius 1 is 1.50 bits per heavy atom. The van der Waals surface area contributed by atoms with Crippen molar-refractivity contribution in [1.82, 2.24) is 9.88 Å². The predicted molar refractivity (Wildman–Crippen MR) is 64.5 cm³/mol. The van der Waals surface area contributed by atoms with Crippen LogP contribution in [0.25, 0.3) is 0 Å². The Morgan fingerprint density at radius 2 is 2.19 bits per heavy atom. The largest absolute Gasteiger partial charge is 0.333 e. The molecule has 0 radical (unpaired) electrons. The number of fused-ring (bicyclic) bond motifs is 1. The van der Waals surface area contributed by atoms with Gasteiger partial charge in [0.15, 0.2) is 0 Å². The second-order valence-electron chi connectivity index (χ2n) is 4.97. The number of aromatic nitrogens is 1. The van der Waals surface area contributed by atoms with Gasteiger partial charge in [-0.05, 0) is 20.8 Å². The maximum atomic E-state index is 12.2. The highest BCUT2D eigenvalue weighted by Gasteiger charge is 2.34. The molecule has 4 nitrogen and oxygen atoms in total. The van der Waals surface area contributed by atoms with Crippen LogP contribution < -0.4 is 5.73 Å². The second-order valence-corrected chi connectivity index (χ2v) is 6.05. The number of nitrogens with zero attached hydrogens (tertiary/aromatic N) is 2. The molecule has 0 aromatic carbocycles. The van der Waals surface area contributed by atoms with Crippen molar-refractivity contribution < 1.29 is 4.79 Å². The molecule has 1 aromatic rings. The van der Waals surface area contributed by atoms with Crippen LogP contribution in [0.2, 0.25) is 0 Å². The van der Waals surface area contributed by atoms with Gasteiger partial charge in [-0.2, -0.15) is 0 Å². The maximum absolute atomic E-state index is 12.2. The molecule has 0 unspecified atom stereocenters. The minimum atomic E-state index is -0.123. The molecule has 16 heavy (non-hydrogen) atoms. The SMILES string of the molecule is CC(C)(C)N1CCc2nc(CN)sc2C1=O. The van der Waals surface area contributed by atoms with Gasteiger partial charge in [0.25, 0.3) is 5.91 Å². The zero-order valence-electron chi connectivity index (χ0n) is 9.91. The van der Waals surface area contributed by atoms with Crippen LogP contribution in [0.5, 0.6) is 0 Å². The Hall–Kier alpha value is -0.940. The van der Waals surface area contributed by atoms with Gasteiger partial charge in [0, 0.05) is 25.0 Å². The Kier molecular flexibility index (Phi) is 2.75. The third-order valence-electron chi connectivity index (χ3n) is 2.74. The molecule has 2 heterocycles. The van der Waals surface area contributed by atoms with Crippen LogP contribution in [0, 0.1) is 0 Å². The van der Waals surface area contributed by atoms with E-state index < -0.39 is 0 Å². The molecule has 2 rings (SSSR count). The quantitative estimate of drug-likeness (QED) is 0.806. The number of carbonyl (C=O) groups excluding carboxylic acids is 1. The molecule has 0 atom stereocenters. The highest BCUT2D eigenvalue weighted by molar-refractivity contribution is 7.13. The fourth-order valence-electron chi connectivity index (χ4n) is 1.91. The van der Waals surface area contributed by atoms with E-state index in [0.29, 0.717) is 6.54 Å². The molecule has 1 aliphatic rings. The highest BCUT2D eigenvalue weighted by atomic mass is 32.1. The topological polar surface area (TPSA) is 59.2 Å². The fourth-order valence-corrected chi connectivity index (χ4v) is 2.84. The van der Waals surface area contributed by atoms with E-state index in [1.807, 2.05) is 4.90 Å². The summed E-state index contributed by atoms with van der Waals surface area (Å²) in [4.78, 5) is 19.3. The number of hydrogen-bond acceptors (Lipinski definition) is 4. The predicted octanol–water partition coefficient (Wildman–Crippen LogP) is 1.40. The molecule has 0 saturated heterocycles. The Bertz CT molecular complexity index is 419. The Labute approximate surface area is 99.5 Å². The van der Waals surface area contributed by atoms with E-state index in [1.54, 1.807) is 0 Å². The van der Waals surface area contributed by atoms with E-state index in [0.717, 1.165) is 28.5 Å². The first-order valence-electron chi connectivity index (χ1n) is 5.44. The number of amides is 1. The minimum absolute atomic E-state index is 0.103. The maximum Gasteiger partial charge on any atom is 0.266 e. The van der Waals surface area contributed by atoms with Crippen molar-refractivity contribution >= 4 is 17.2 Å². The van der Waals surface area contributed by atoms with Gasteiger partial charge in [0.05, 0.1) is 5.69 Å². The first-order chi connectivity index (χ1) is 7.43. The molecule has 2 N–H and O–H groups in total. The highest BCUT2D eigenvalue weighted by Crippen LogP contribution is 2.28. The van der Waals surface area contributed by atoms with Crippen molar-refractivity contribution in [2.24, 2.45) is 5.73 Å². The summed E-state index contributed by atoms with van der Waals surface area (Å²) in [7, 11) is 0. The summed E-state index contributed by atoms with van der Waals surface area (Å²) in [6.45, 7) is 7.34. The molecule has 0 saturated carbocycles. The summed E-state index contributed by atoms with van der Waals surface area (Å²) >= 11 is 1.44. The van der Waals surface area contributed by atoms with Crippen LogP contribution in [-0.2, 0) is 13.0 Å². The van der Waals surface area contributed by atoms with Gasteiger partial charge < -0.3 is 10.6 Å². The van der Waals surface area contributed by atoms with Crippen LogP contribution >= 0.6 is 11.3 Å². The summed E-state index contributed by atoms with van der Waals surface area (Å²) in [5.41, 5.74) is 6.35. The molecular weight excluding hydrogens is 222 g/mol. The first-order valence-corrected chi connectivity index (χ1v) is 6.25. The minimum Gasteiger partial charge on any atom is -0.333 e. The third-order valence-corrected chi connectivity index (χ3v) is 3.85. The molecule has 1 aromatic heterocycles. The van der Waals surface area contributed by atoms with Crippen LogP contribution in [0.15, 0.2) is 0 Å². The summed E-state index contributed by atoms with van der Waals surface area (Å²) in [5, 5.41) is 0.856. The van der Waals surface area contributed by atoms with Crippen molar-refractivity contribution in [2.75, 3.05) is 6.54 Å². The number of nitrogens with two attached hydrogens (primary N) is 1. The molecule has 0 aliphatic carbocycles. The van der Waals surface area contributed by atoms with Gasteiger partial charge >= 0.3 is 0 Å². The van der Waals surface area contributed by atoms with Gasteiger partial charge in [0.1, 0.15) is 9.88 Å². The van der Waals surface area contributed by atoms with Crippen molar-refractivity contribution in [3.05, 3.63) is 15.6 Å². The van der Waals surface area contributed by atoms with E-state index in [9.17, 15) is 4.79 Å². The summed E-state index contributed by atoms with van der Waals surface area (Å²) in [6.07, 6.45) is 0.842. The lowest BCUT2D eigenvalue weighted by Crippen LogP contribution is -2.48. The Balaban J connectivity index is 2.35. The molecule has 88 valence electrons. The molecule has 5 heteroatoms. The van der Waals surface area contributed by atoms with Crippen molar-refractivity contribution in [3.8, 4) is 0 Å². The van der Waals surface area contributed by atoms with Gasteiger partial charge in [-0.15, -0.1) is 11.3 Å². The lowest BCUT2D eigenvalue weighted by atomic mass is 10.0. The fraction of sp³-hybridized carbons (Fsp3) is 0.636. The molecule has 1 aliphatic heterocycles. The molecular formula is C11H17N3OS. The summed E-state index contributed by atoms with van der Waals surface area (Å²) in [5.74, 6) is 0.103. The van der Waals surface area contributed by atoms with Crippen LogP contribution in [0.3, 0.4) is 0 Å². The van der Waals surface area contributed by atoms with Gasteiger partial charge in [-0.25, -0.2) is 4.98 Å². The standard InChI is InChI=1S/C11H17N3OS/c1-11(2,3)14-5-4-7-9(10(14)15)16-8(6-12)13-7/h4-6,12H2,1-3H3. The number of hydrogen-bond donors (Lipinski definition) is 1. The lowest BCUT2D eigenvalue weighted by molar-refractivity contribution is 0.0566. The zero-order chi connectivity index (χ0) is 11.9. The van der Waals surface area contributed by atoms with E-state index >= 15 is 0 Å². The number of carbonyl (C=O) groups is 1.